The van der Waals surface area contributed by atoms with Gasteiger partial charge in [0.2, 0.25) is 0 Å². The zero-order valence-electron chi connectivity index (χ0n) is 10.5. The Labute approximate surface area is 117 Å². The fourth-order valence-corrected chi connectivity index (χ4v) is 2.81. The minimum atomic E-state index is -3.67. The minimum absolute atomic E-state index is 0.117. The Balaban J connectivity index is 2.35. The lowest BCUT2D eigenvalue weighted by Crippen LogP contribution is -2.14. The summed E-state index contributed by atoms with van der Waals surface area (Å²) >= 11 is 5.94. The van der Waals surface area contributed by atoms with E-state index in [1.165, 1.54) is 12.1 Å². The maximum atomic E-state index is 12.2. The Morgan fingerprint density at radius 2 is 1.89 bits per heavy atom. The molecule has 0 radical (unpaired) electrons. The first-order valence-corrected chi connectivity index (χ1v) is 7.47. The first-order valence-electron chi connectivity index (χ1n) is 5.61. The van der Waals surface area contributed by atoms with Gasteiger partial charge in [-0.1, -0.05) is 23.7 Å². The standard InChI is InChI=1S/C13H13ClN2O2S/c1-9-6-7-11(8-12(9)14)19(17,18)16-13-5-3-4-10(2)15-13/h3-8H,1-2H3,(H,15,16). The molecule has 19 heavy (non-hydrogen) atoms. The van der Waals surface area contributed by atoms with Crippen LogP contribution in [0.15, 0.2) is 41.3 Å². The molecule has 1 N–H and O–H groups in total. The largest absolute Gasteiger partial charge is 0.263 e. The lowest BCUT2D eigenvalue weighted by molar-refractivity contribution is 0.601. The Morgan fingerprint density at radius 1 is 1.16 bits per heavy atom. The van der Waals surface area contributed by atoms with Crippen LogP contribution >= 0.6 is 11.6 Å². The van der Waals surface area contributed by atoms with Gasteiger partial charge in [0, 0.05) is 10.7 Å². The van der Waals surface area contributed by atoms with Gasteiger partial charge in [0.25, 0.3) is 10.0 Å². The molecule has 2 aromatic rings. The number of anilines is 1. The first kappa shape index (κ1) is 13.8. The van der Waals surface area contributed by atoms with E-state index in [9.17, 15) is 8.42 Å². The third kappa shape index (κ3) is 3.24. The molecule has 0 aliphatic heterocycles. The van der Waals surface area contributed by atoms with Crippen LogP contribution in [0.2, 0.25) is 5.02 Å². The molecule has 1 aromatic heterocycles. The van der Waals surface area contributed by atoms with E-state index < -0.39 is 10.0 Å². The van der Waals surface area contributed by atoms with Crippen molar-refractivity contribution >= 4 is 27.4 Å². The molecular weight excluding hydrogens is 284 g/mol. The first-order chi connectivity index (χ1) is 8.88. The van der Waals surface area contributed by atoms with Crippen LogP contribution in [0.25, 0.3) is 0 Å². The molecular formula is C13H13ClN2O2S. The highest BCUT2D eigenvalue weighted by molar-refractivity contribution is 7.92. The number of nitrogens with one attached hydrogen (secondary N) is 1. The Kier molecular flexibility index (Phi) is 3.78. The summed E-state index contributed by atoms with van der Waals surface area (Å²) in [6, 6.07) is 9.73. The fourth-order valence-electron chi connectivity index (χ4n) is 1.54. The maximum absolute atomic E-state index is 12.2. The Bertz CT molecular complexity index is 714. The van der Waals surface area contributed by atoms with Crippen LogP contribution in [0.1, 0.15) is 11.3 Å². The predicted molar refractivity (Wildman–Crippen MR) is 76.0 cm³/mol. The summed E-state index contributed by atoms with van der Waals surface area (Å²) in [5, 5.41) is 0.417. The summed E-state index contributed by atoms with van der Waals surface area (Å²) in [6.07, 6.45) is 0. The second-order valence-corrected chi connectivity index (χ2v) is 6.27. The summed E-state index contributed by atoms with van der Waals surface area (Å²) in [6.45, 7) is 3.61. The average molecular weight is 297 g/mol. The molecule has 0 saturated carbocycles. The molecule has 100 valence electrons. The van der Waals surface area contributed by atoms with Crippen molar-refractivity contribution in [3.05, 3.63) is 52.7 Å². The third-order valence-electron chi connectivity index (χ3n) is 2.58. The number of pyridine rings is 1. The smallest absolute Gasteiger partial charge is 0.263 e. The van der Waals surface area contributed by atoms with Crippen molar-refractivity contribution in [2.75, 3.05) is 4.72 Å². The molecule has 1 heterocycles. The Morgan fingerprint density at radius 3 is 2.53 bits per heavy atom. The number of aromatic nitrogens is 1. The van der Waals surface area contributed by atoms with Gasteiger partial charge in [0.05, 0.1) is 4.90 Å². The molecule has 0 fully saturated rings. The summed E-state index contributed by atoms with van der Waals surface area (Å²) in [4.78, 5) is 4.22. The highest BCUT2D eigenvalue weighted by atomic mass is 35.5. The molecule has 0 unspecified atom stereocenters. The topological polar surface area (TPSA) is 59.1 Å². The van der Waals surface area contributed by atoms with Gasteiger partial charge in [0.1, 0.15) is 5.82 Å². The molecule has 1 aromatic carbocycles. The monoisotopic (exact) mass is 296 g/mol. The van der Waals surface area contributed by atoms with Gasteiger partial charge >= 0.3 is 0 Å². The molecule has 0 atom stereocenters. The zero-order valence-corrected chi connectivity index (χ0v) is 12.1. The molecule has 0 aliphatic rings. The van der Waals surface area contributed by atoms with E-state index in [1.54, 1.807) is 31.2 Å². The summed E-state index contributed by atoms with van der Waals surface area (Å²) in [5.74, 6) is 0.289. The van der Waals surface area contributed by atoms with E-state index in [0.29, 0.717) is 5.02 Å². The van der Waals surface area contributed by atoms with Crippen LogP contribution in [0.3, 0.4) is 0 Å². The van der Waals surface area contributed by atoms with Crippen molar-refractivity contribution in [3.8, 4) is 0 Å². The quantitative estimate of drug-likeness (QED) is 0.946. The van der Waals surface area contributed by atoms with Crippen molar-refractivity contribution in [1.82, 2.24) is 4.98 Å². The van der Waals surface area contributed by atoms with Crippen LogP contribution in [0.4, 0.5) is 5.82 Å². The van der Waals surface area contributed by atoms with Gasteiger partial charge in [-0.15, -0.1) is 0 Å². The summed E-state index contributed by atoms with van der Waals surface area (Å²) in [7, 11) is -3.67. The summed E-state index contributed by atoms with van der Waals surface area (Å²) < 4.78 is 26.8. The van der Waals surface area contributed by atoms with Crippen molar-refractivity contribution in [2.24, 2.45) is 0 Å². The number of halogens is 1. The number of hydrogen-bond acceptors (Lipinski definition) is 3. The highest BCUT2D eigenvalue weighted by Gasteiger charge is 2.15. The van der Waals surface area contributed by atoms with E-state index in [0.717, 1.165) is 11.3 Å². The van der Waals surface area contributed by atoms with E-state index in [2.05, 4.69) is 9.71 Å². The lowest BCUT2D eigenvalue weighted by atomic mass is 10.2. The normalized spacial score (nSPS) is 11.3. The van der Waals surface area contributed by atoms with E-state index in [4.69, 9.17) is 11.6 Å². The molecule has 2 rings (SSSR count). The molecule has 0 saturated heterocycles. The fraction of sp³-hybridized carbons (Fsp3) is 0.154. The second-order valence-electron chi connectivity index (χ2n) is 4.18. The molecule has 0 bridgehead atoms. The number of aryl methyl sites for hydroxylation is 2. The average Bonchev–Trinajstić information content (AvgIpc) is 2.32. The van der Waals surface area contributed by atoms with E-state index in [-0.39, 0.29) is 10.7 Å². The van der Waals surface area contributed by atoms with E-state index in [1.807, 2.05) is 6.92 Å². The van der Waals surface area contributed by atoms with Gasteiger partial charge in [-0.3, -0.25) is 4.72 Å². The van der Waals surface area contributed by atoms with Crippen LogP contribution in [-0.4, -0.2) is 13.4 Å². The Hall–Kier alpha value is -1.59. The van der Waals surface area contributed by atoms with Crippen LogP contribution in [0.5, 0.6) is 0 Å². The highest BCUT2D eigenvalue weighted by Crippen LogP contribution is 2.21. The predicted octanol–water partition coefficient (Wildman–Crippen LogP) is 3.15. The number of sulfonamides is 1. The van der Waals surface area contributed by atoms with Crippen molar-refractivity contribution in [3.63, 3.8) is 0 Å². The molecule has 4 nitrogen and oxygen atoms in total. The summed E-state index contributed by atoms with van der Waals surface area (Å²) in [5.41, 5.74) is 1.57. The second kappa shape index (κ2) is 5.19. The lowest BCUT2D eigenvalue weighted by Gasteiger charge is -2.08. The van der Waals surface area contributed by atoms with Crippen LogP contribution < -0.4 is 4.72 Å². The maximum Gasteiger partial charge on any atom is 0.263 e. The van der Waals surface area contributed by atoms with Gasteiger partial charge in [-0.2, -0.15) is 0 Å². The third-order valence-corrected chi connectivity index (χ3v) is 4.34. The molecule has 0 spiro atoms. The van der Waals surface area contributed by atoms with Crippen molar-refractivity contribution in [1.29, 1.82) is 0 Å². The number of hydrogen-bond donors (Lipinski definition) is 1. The minimum Gasteiger partial charge on any atom is -0.263 e. The van der Waals surface area contributed by atoms with Gasteiger partial charge in [-0.05, 0) is 43.7 Å². The van der Waals surface area contributed by atoms with Gasteiger partial charge in [-0.25, -0.2) is 13.4 Å². The number of rotatable bonds is 3. The SMILES string of the molecule is Cc1cccc(NS(=O)(=O)c2ccc(C)c(Cl)c2)n1. The number of nitrogens with zero attached hydrogens (tertiary/aromatic N) is 1. The molecule has 6 heteroatoms. The molecule has 0 amide bonds. The van der Waals surface area contributed by atoms with Crippen LogP contribution in [-0.2, 0) is 10.0 Å². The van der Waals surface area contributed by atoms with Crippen LogP contribution in [0, 0.1) is 13.8 Å². The van der Waals surface area contributed by atoms with E-state index >= 15 is 0 Å². The van der Waals surface area contributed by atoms with Gasteiger partial charge < -0.3 is 0 Å². The zero-order chi connectivity index (χ0) is 14.0. The van der Waals surface area contributed by atoms with Crippen molar-refractivity contribution < 1.29 is 8.42 Å². The van der Waals surface area contributed by atoms with Crippen molar-refractivity contribution in [2.45, 2.75) is 18.7 Å². The molecule has 0 aliphatic carbocycles. The van der Waals surface area contributed by atoms with Gasteiger partial charge in [0.15, 0.2) is 0 Å². The number of benzene rings is 1.